The SMILES string of the molecule is CN(Cc1ccoc1)C(=O)N1CCCC(C)(C(=O)O)C1. The fourth-order valence-corrected chi connectivity index (χ4v) is 2.54. The van der Waals surface area contributed by atoms with Gasteiger partial charge in [-0.1, -0.05) is 0 Å². The zero-order chi connectivity index (χ0) is 14.8. The number of hydrogen-bond acceptors (Lipinski definition) is 3. The lowest BCUT2D eigenvalue weighted by Crippen LogP contribution is -2.51. The Kier molecular flexibility index (Phi) is 4.01. The van der Waals surface area contributed by atoms with E-state index in [1.807, 2.05) is 0 Å². The summed E-state index contributed by atoms with van der Waals surface area (Å²) in [5, 5.41) is 9.28. The van der Waals surface area contributed by atoms with Crippen LogP contribution in [-0.2, 0) is 11.3 Å². The molecule has 2 heterocycles. The van der Waals surface area contributed by atoms with Crippen molar-refractivity contribution in [2.75, 3.05) is 20.1 Å². The van der Waals surface area contributed by atoms with Gasteiger partial charge in [-0.25, -0.2) is 4.79 Å². The van der Waals surface area contributed by atoms with Crippen LogP contribution in [0.2, 0.25) is 0 Å². The largest absolute Gasteiger partial charge is 0.481 e. The highest BCUT2D eigenvalue weighted by Gasteiger charge is 2.39. The molecule has 1 unspecified atom stereocenters. The molecule has 1 fully saturated rings. The Balaban J connectivity index is 1.99. The summed E-state index contributed by atoms with van der Waals surface area (Å²) >= 11 is 0. The van der Waals surface area contributed by atoms with Gasteiger partial charge in [0.05, 0.1) is 24.5 Å². The maximum absolute atomic E-state index is 12.4. The molecule has 1 aliphatic rings. The zero-order valence-electron chi connectivity index (χ0n) is 11.8. The van der Waals surface area contributed by atoms with Crippen LogP contribution in [0.15, 0.2) is 23.0 Å². The molecular formula is C14H20N2O4. The topological polar surface area (TPSA) is 74.0 Å². The molecule has 2 amide bonds. The molecule has 0 saturated carbocycles. The first-order valence-corrected chi connectivity index (χ1v) is 6.67. The molecule has 1 aromatic heterocycles. The quantitative estimate of drug-likeness (QED) is 0.919. The number of carboxylic acids is 1. The van der Waals surface area contributed by atoms with E-state index in [0.717, 1.165) is 5.56 Å². The number of amides is 2. The van der Waals surface area contributed by atoms with Gasteiger partial charge < -0.3 is 19.3 Å². The number of urea groups is 1. The summed E-state index contributed by atoms with van der Waals surface area (Å²) in [6, 6.07) is 1.67. The average molecular weight is 280 g/mol. The Morgan fingerprint density at radius 1 is 1.55 bits per heavy atom. The molecule has 1 saturated heterocycles. The van der Waals surface area contributed by atoms with Gasteiger partial charge in [0.15, 0.2) is 0 Å². The smallest absolute Gasteiger partial charge is 0.320 e. The van der Waals surface area contributed by atoms with Gasteiger partial charge in [-0.15, -0.1) is 0 Å². The van der Waals surface area contributed by atoms with E-state index in [2.05, 4.69) is 0 Å². The molecule has 0 bridgehead atoms. The summed E-state index contributed by atoms with van der Waals surface area (Å²) in [6.45, 7) is 3.02. The van der Waals surface area contributed by atoms with Crippen molar-refractivity contribution in [2.24, 2.45) is 5.41 Å². The van der Waals surface area contributed by atoms with Crippen LogP contribution in [0.1, 0.15) is 25.3 Å². The summed E-state index contributed by atoms with van der Waals surface area (Å²) in [5.74, 6) is -0.840. The van der Waals surface area contributed by atoms with Gasteiger partial charge >= 0.3 is 12.0 Å². The second kappa shape index (κ2) is 5.56. The van der Waals surface area contributed by atoms with Crippen molar-refractivity contribution in [3.8, 4) is 0 Å². The maximum Gasteiger partial charge on any atom is 0.320 e. The van der Waals surface area contributed by atoms with E-state index in [9.17, 15) is 14.7 Å². The van der Waals surface area contributed by atoms with E-state index in [4.69, 9.17) is 4.42 Å². The van der Waals surface area contributed by atoms with Gasteiger partial charge in [0, 0.05) is 25.7 Å². The molecule has 1 aromatic rings. The first-order chi connectivity index (χ1) is 9.42. The van der Waals surface area contributed by atoms with Gasteiger partial charge in [-0.3, -0.25) is 4.79 Å². The van der Waals surface area contributed by atoms with Gasteiger partial charge in [0.2, 0.25) is 0 Å². The van der Waals surface area contributed by atoms with E-state index in [-0.39, 0.29) is 12.6 Å². The molecule has 0 aliphatic carbocycles. The van der Waals surface area contributed by atoms with Crippen LogP contribution in [0.3, 0.4) is 0 Å². The van der Waals surface area contributed by atoms with Crippen LogP contribution < -0.4 is 0 Å². The number of carbonyl (C=O) groups excluding carboxylic acids is 1. The molecule has 6 heteroatoms. The van der Waals surface area contributed by atoms with Crippen LogP contribution in [0.4, 0.5) is 4.79 Å². The molecule has 0 aromatic carbocycles. The summed E-state index contributed by atoms with van der Waals surface area (Å²) in [7, 11) is 1.71. The second-order valence-corrected chi connectivity index (χ2v) is 5.66. The number of likely N-dealkylation sites (tertiary alicyclic amines) is 1. The van der Waals surface area contributed by atoms with E-state index < -0.39 is 11.4 Å². The summed E-state index contributed by atoms with van der Waals surface area (Å²) in [5.41, 5.74) is 0.0727. The first-order valence-electron chi connectivity index (χ1n) is 6.67. The van der Waals surface area contributed by atoms with Gasteiger partial charge in [-0.05, 0) is 25.8 Å². The minimum Gasteiger partial charge on any atom is -0.481 e. The molecule has 20 heavy (non-hydrogen) atoms. The van der Waals surface area contributed by atoms with Crippen molar-refractivity contribution in [2.45, 2.75) is 26.3 Å². The molecule has 6 nitrogen and oxygen atoms in total. The Hall–Kier alpha value is -1.98. The van der Waals surface area contributed by atoms with E-state index in [1.54, 1.807) is 42.4 Å². The molecule has 110 valence electrons. The van der Waals surface area contributed by atoms with Crippen LogP contribution >= 0.6 is 0 Å². The molecule has 0 spiro atoms. The standard InChI is InChI=1S/C14H20N2O4/c1-14(12(17)18)5-3-6-16(10-14)13(19)15(2)8-11-4-7-20-9-11/h4,7,9H,3,5-6,8,10H2,1-2H3,(H,17,18). The summed E-state index contributed by atoms with van der Waals surface area (Å²) in [6.07, 6.45) is 4.49. The van der Waals surface area contributed by atoms with E-state index in [1.165, 1.54) is 0 Å². The number of rotatable bonds is 3. The summed E-state index contributed by atoms with van der Waals surface area (Å²) in [4.78, 5) is 26.9. The lowest BCUT2D eigenvalue weighted by atomic mass is 9.82. The van der Waals surface area contributed by atoms with Crippen LogP contribution in [-0.4, -0.2) is 47.0 Å². The molecule has 1 aliphatic heterocycles. The number of piperidine rings is 1. The second-order valence-electron chi connectivity index (χ2n) is 5.66. The predicted octanol–water partition coefficient (Wildman–Crippen LogP) is 2.02. The predicted molar refractivity (Wildman–Crippen MR) is 72.1 cm³/mol. The van der Waals surface area contributed by atoms with Crippen LogP contribution in [0, 0.1) is 5.41 Å². The van der Waals surface area contributed by atoms with Crippen molar-refractivity contribution >= 4 is 12.0 Å². The van der Waals surface area contributed by atoms with Crippen molar-refractivity contribution in [3.63, 3.8) is 0 Å². The third-order valence-corrected chi connectivity index (χ3v) is 3.81. The minimum atomic E-state index is -0.843. The number of nitrogens with zero attached hydrogens (tertiary/aromatic N) is 2. The monoisotopic (exact) mass is 280 g/mol. The number of hydrogen-bond donors (Lipinski definition) is 1. The maximum atomic E-state index is 12.4. The molecular weight excluding hydrogens is 260 g/mol. The van der Waals surface area contributed by atoms with E-state index in [0.29, 0.717) is 25.9 Å². The zero-order valence-corrected chi connectivity index (χ0v) is 11.8. The molecule has 2 rings (SSSR count). The third kappa shape index (κ3) is 2.95. The summed E-state index contributed by atoms with van der Waals surface area (Å²) < 4.78 is 4.98. The highest BCUT2D eigenvalue weighted by atomic mass is 16.4. The Morgan fingerprint density at radius 2 is 2.30 bits per heavy atom. The number of carboxylic acid groups (broad SMARTS) is 1. The van der Waals surface area contributed by atoms with Gasteiger partial charge in [-0.2, -0.15) is 0 Å². The number of aliphatic carboxylic acids is 1. The van der Waals surface area contributed by atoms with Gasteiger partial charge in [0.1, 0.15) is 0 Å². The lowest BCUT2D eigenvalue weighted by molar-refractivity contribution is -0.150. The van der Waals surface area contributed by atoms with Crippen molar-refractivity contribution < 1.29 is 19.1 Å². The number of furan rings is 1. The highest BCUT2D eigenvalue weighted by molar-refractivity contribution is 5.78. The van der Waals surface area contributed by atoms with Crippen LogP contribution in [0.25, 0.3) is 0 Å². The first kappa shape index (κ1) is 14.4. The Labute approximate surface area is 118 Å². The van der Waals surface area contributed by atoms with Gasteiger partial charge in [0.25, 0.3) is 0 Å². The molecule has 1 atom stereocenters. The Bertz CT molecular complexity index is 485. The lowest BCUT2D eigenvalue weighted by Gasteiger charge is -2.39. The minimum absolute atomic E-state index is 0.140. The number of carbonyl (C=O) groups is 2. The molecule has 1 N–H and O–H groups in total. The normalized spacial score (nSPS) is 22.6. The van der Waals surface area contributed by atoms with Crippen molar-refractivity contribution in [1.82, 2.24) is 9.80 Å². The fraction of sp³-hybridized carbons (Fsp3) is 0.571. The molecule has 0 radical (unpaired) electrons. The highest BCUT2D eigenvalue weighted by Crippen LogP contribution is 2.30. The Morgan fingerprint density at radius 3 is 2.90 bits per heavy atom. The van der Waals surface area contributed by atoms with E-state index >= 15 is 0 Å². The van der Waals surface area contributed by atoms with Crippen LogP contribution in [0.5, 0.6) is 0 Å². The van der Waals surface area contributed by atoms with Crippen molar-refractivity contribution in [1.29, 1.82) is 0 Å². The fourth-order valence-electron chi connectivity index (χ4n) is 2.54. The van der Waals surface area contributed by atoms with Crippen molar-refractivity contribution in [3.05, 3.63) is 24.2 Å². The average Bonchev–Trinajstić information content (AvgIpc) is 2.90. The third-order valence-electron chi connectivity index (χ3n) is 3.81.